The highest BCUT2D eigenvalue weighted by Crippen LogP contribution is 2.33. The Bertz CT molecular complexity index is 641. The molecule has 0 radical (unpaired) electrons. The Balaban J connectivity index is 2.50. The molecule has 0 bridgehead atoms. The smallest absolute Gasteiger partial charge is 0.123 e. The van der Waals surface area contributed by atoms with Gasteiger partial charge in [-0.05, 0) is 60.9 Å². The molecule has 0 heterocycles. The van der Waals surface area contributed by atoms with E-state index < -0.39 is 6.10 Å². The van der Waals surface area contributed by atoms with Crippen LogP contribution in [0, 0.1) is 19.7 Å². The van der Waals surface area contributed by atoms with Gasteiger partial charge in [-0.25, -0.2) is 4.39 Å². The number of aliphatic hydroxyl groups excluding tert-OH is 1. The summed E-state index contributed by atoms with van der Waals surface area (Å²) in [5.41, 5.74) is 3.09. The van der Waals surface area contributed by atoms with Crippen molar-refractivity contribution in [1.82, 2.24) is 0 Å². The highest BCUT2D eigenvalue weighted by Gasteiger charge is 2.18. The van der Waals surface area contributed by atoms with E-state index in [1.54, 1.807) is 13.2 Å². The predicted octanol–water partition coefficient (Wildman–Crippen LogP) is 4.30. The first kappa shape index (κ1) is 15.0. The lowest BCUT2D eigenvalue weighted by atomic mass is 9.95. The average Bonchev–Trinajstić information content (AvgIpc) is 2.42. The van der Waals surface area contributed by atoms with E-state index in [4.69, 9.17) is 4.74 Å². The average molecular weight is 339 g/mol. The van der Waals surface area contributed by atoms with E-state index in [0.717, 1.165) is 22.4 Å². The van der Waals surface area contributed by atoms with Crippen molar-refractivity contribution in [3.05, 3.63) is 62.9 Å². The van der Waals surface area contributed by atoms with Gasteiger partial charge in [0.1, 0.15) is 17.7 Å². The normalized spacial score (nSPS) is 12.3. The van der Waals surface area contributed by atoms with Crippen molar-refractivity contribution in [1.29, 1.82) is 0 Å². The van der Waals surface area contributed by atoms with Gasteiger partial charge < -0.3 is 9.84 Å². The van der Waals surface area contributed by atoms with E-state index in [1.165, 1.54) is 12.1 Å². The van der Waals surface area contributed by atoms with Crippen LogP contribution in [0.15, 0.2) is 34.8 Å². The molecule has 0 saturated carbocycles. The SMILES string of the molecule is COc1cc(C)c(C(O)c2cc(F)ccc2Br)cc1C. The van der Waals surface area contributed by atoms with Crippen LogP contribution in [0.25, 0.3) is 0 Å². The summed E-state index contributed by atoms with van der Waals surface area (Å²) in [5.74, 6) is 0.405. The number of aliphatic hydroxyl groups is 1. The van der Waals surface area contributed by atoms with Gasteiger partial charge >= 0.3 is 0 Å². The lowest BCUT2D eigenvalue weighted by Gasteiger charge is -2.18. The summed E-state index contributed by atoms with van der Waals surface area (Å²) in [5, 5.41) is 10.5. The second kappa shape index (κ2) is 5.94. The van der Waals surface area contributed by atoms with Crippen LogP contribution in [0.4, 0.5) is 4.39 Å². The molecule has 0 spiro atoms. The Morgan fingerprint density at radius 1 is 1.10 bits per heavy atom. The van der Waals surface area contributed by atoms with Crippen LogP contribution >= 0.6 is 15.9 Å². The molecular formula is C16H16BrFO2. The first-order chi connectivity index (χ1) is 9.43. The minimum atomic E-state index is -0.885. The lowest BCUT2D eigenvalue weighted by Crippen LogP contribution is -2.05. The maximum absolute atomic E-state index is 13.4. The highest BCUT2D eigenvalue weighted by molar-refractivity contribution is 9.10. The highest BCUT2D eigenvalue weighted by atomic mass is 79.9. The number of hydrogen-bond acceptors (Lipinski definition) is 2. The van der Waals surface area contributed by atoms with Crippen LogP contribution in [0.1, 0.15) is 28.4 Å². The van der Waals surface area contributed by atoms with Gasteiger partial charge in [0.15, 0.2) is 0 Å². The van der Waals surface area contributed by atoms with Crippen LogP contribution in [0.3, 0.4) is 0 Å². The van der Waals surface area contributed by atoms with Gasteiger partial charge in [-0.15, -0.1) is 0 Å². The lowest BCUT2D eigenvalue weighted by molar-refractivity contribution is 0.218. The van der Waals surface area contributed by atoms with Gasteiger partial charge in [0.25, 0.3) is 0 Å². The fourth-order valence-electron chi connectivity index (χ4n) is 2.22. The Hall–Kier alpha value is -1.39. The van der Waals surface area contributed by atoms with E-state index in [1.807, 2.05) is 26.0 Å². The summed E-state index contributed by atoms with van der Waals surface area (Å²) in [4.78, 5) is 0. The van der Waals surface area contributed by atoms with Gasteiger partial charge in [-0.3, -0.25) is 0 Å². The number of methoxy groups -OCH3 is 1. The second-order valence-corrected chi connectivity index (χ2v) is 5.60. The van der Waals surface area contributed by atoms with Gasteiger partial charge in [-0.2, -0.15) is 0 Å². The third kappa shape index (κ3) is 2.86. The molecule has 0 aliphatic carbocycles. The molecule has 1 unspecified atom stereocenters. The Morgan fingerprint density at radius 2 is 1.80 bits per heavy atom. The van der Waals surface area contributed by atoms with Gasteiger partial charge in [-0.1, -0.05) is 15.9 Å². The molecule has 0 aliphatic heterocycles. The summed E-state index contributed by atoms with van der Waals surface area (Å²) in [6, 6.07) is 8.04. The van der Waals surface area contributed by atoms with Crippen molar-refractivity contribution in [3.63, 3.8) is 0 Å². The molecule has 0 fully saturated rings. The van der Waals surface area contributed by atoms with Crippen molar-refractivity contribution in [2.24, 2.45) is 0 Å². The minimum Gasteiger partial charge on any atom is -0.496 e. The number of aryl methyl sites for hydroxylation is 2. The van der Waals surface area contributed by atoms with E-state index >= 15 is 0 Å². The third-order valence-electron chi connectivity index (χ3n) is 3.33. The van der Waals surface area contributed by atoms with E-state index in [2.05, 4.69) is 15.9 Å². The summed E-state index contributed by atoms with van der Waals surface area (Å²) < 4.78 is 19.3. The summed E-state index contributed by atoms with van der Waals surface area (Å²) in [6.07, 6.45) is -0.885. The van der Waals surface area contributed by atoms with Crippen LogP contribution in [-0.2, 0) is 0 Å². The molecular weight excluding hydrogens is 323 g/mol. The summed E-state index contributed by atoms with van der Waals surface area (Å²) in [7, 11) is 1.61. The zero-order valence-electron chi connectivity index (χ0n) is 11.6. The molecule has 1 N–H and O–H groups in total. The number of hydrogen-bond donors (Lipinski definition) is 1. The van der Waals surface area contributed by atoms with Gasteiger partial charge in [0.2, 0.25) is 0 Å². The van der Waals surface area contributed by atoms with E-state index in [9.17, 15) is 9.50 Å². The van der Waals surface area contributed by atoms with E-state index in [0.29, 0.717) is 10.0 Å². The Morgan fingerprint density at radius 3 is 2.45 bits per heavy atom. The summed E-state index contributed by atoms with van der Waals surface area (Å²) >= 11 is 3.35. The molecule has 1 atom stereocenters. The quantitative estimate of drug-likeness (QED) is 0.904. The standard InChI is InChI=1S/C16H16BrFO2/c1-9-7-15(20-3)10(2)6-12(9)16(19)13-8-11(18)4-5-14(13)17/h4-8,16,19H,1-3H3. The number of benzene rings is 2. The van der Waals surface area contributed by atoms with Crippen molar-refractivity contribution >= 4 is 15.9 Å². The van der Waals surface area contributed by atoms with Crippen molar-refractivity contribution in [2.75, 3.05) is 7.11 Å². The fourth-order valence-corrected chi connectivity index (χ4v) is 2.68. The van der Waals surface area contributed by atoms with Crippen LogP contribution in [-0.4, -0.2) is 12.2 Å². The topological polar surface area (TPSA) is 29.5 Å². The molecule has 20 heavy (non-hydrogen) atoms. The zero-order chi connectivity index (χ0) is 14.9. The first-order valence-corrected chi connectivity index (χ1v) is 7.01. The zero-order valence-corrected chi connectivity index (χ0v) is 13.2. The van der Waals surface area contributed by atoms with Crippen molar-refractivity contribution in [2.45, 2.75) is 20.0 Å². The second-order valence-electron chi connectivity index (χ2n) is 4.75. The summed E-state index contributed by atoms with van der Waals surface area (Å²) in [6.45, 7) is 3.81. The number of ether oxygens (including phenoxy) is 1. The molecule has 0 amide bonds. The minimum absolute atomic E-state index is 0.370. The van der Waals surface area contributed by atoms with Crippen LogP contribution < -0.4 is 4.74 Å². The molecule has 0 aliphatic rings. The Kier molecular flexibility index (Phi) is 4.45. The molecule has 0 aromatic heterocycles. The molecule has 2 aromatic rings. The molecule has 2 aromatic carbocycles. The van der Waals surface area contributed by atoms with Gasteiger partial charge in [0, 0.05) is 10.0 Å². The number of halogens is 2. The van der Waals surface area contributed by atoms with Crippen LogP contribution in [0.5, 0.6) is 5.75 Å². The molecule has 2 rings (SSSR count). The molecule has 2 nitrogen and oxygen atoms in total. The fraction of sp³-hybridized carbons (Fsp3) is 0.250. The van der Waals surface area contributed by atoms with Gasteiger partial charge in [0.05, 0.1) is 7.11 Å². The van der Waals surface area contributed by atoms with Crippen molar-refractivity contribution < 1.29 is 14.2 Å². The number of rotatable bonds is 3. The predicted molar refractivity (Wildman–Crippen MR) is 80.6 cm³/mol. The maximum Gasteiger partial charge on any atom is 0.123 e. The Labute approximate surface area is 126 Å². The monoisotopic (exact) mass is 338 g/mol. The third-order valence-corrected chi connectivity index (χ3v) is 4.05. The molecule has 106 valence electrons. The van der Waals surface area contributed by atoms with Crippen LogP contribution in [0.2, 0.25) is 0 Å². The maximum atomic E-state index is 13.4. The first-order valence-electron chi connectivity index (χ1n) is 6.22. The largest absolute Gasteiger partial charge is 0.496 e. The van der Waals surface area contributed by atoms with Crippen molar-refractivity contribution in [3.8, 4) is 5.75 Å². The molecule has 4 heteroatoms. The molecule has 0 saturated heterocycles. The van der Waals surface area contributed by atoms with E-state index in [-0.39, 0.29) is 5.82 Å².